The third kappa shape index (κ3) is 38.8. The summed E-state index contributed by atoms with van der Waals surface area (Å²) in [6.45, 7) is 0. The number of carbonyl (C=O) groups excluding carboxylic acids is 1. The maximum absolute atomic E-state index is 11.0. The van der Waals surface area contributed by atoms with Crippen LogP contribution in [0.15, 0.2) is 60.8 Å². The minimum Gasteiger partial charge on any atom is -0.369 e. The number of ketones is 1. The second kappa shape index (κ2) is 39.7. The summed E-state index contributed by atoms with van der Waals surface area (Å²) in [5.74, 6) is 16.0. The highest BCUT2D eigenvalue weighted by atomic mass is 16.3. The third-order valence-corrected chi connectivity index (χ3v) is 8.02. The fourth-order valence-electron chi connectivity index (χ4n) is 5.17. The van der Waals surface area contributed by atoms with E-state index in [1.807, 2.05) is 18.2 Å². The zero-order chi connectivity index (χ0) is 34.9. The summed E-state index contributed by atoms with van der Waals surface area (Å²) in [5, 5.41) is 9.93. The summed E-state index contributed by atoms with van der Waals surface area (Å²) in [4.78, 5) is 11.0. The molecule has 0 aromatic rings. The molecule has 0 rings (SSSR count). The SMILES string of the molecule is C#C/C=C/CCCCCCCCCCCCCC/C=C/CC/C=C/C#CC(O)C#CCCCC/C=C/CCCCCC/C=C/C(=O)C#C. The lowest BCUT2D eigenvalue weighted by Gasteiger charge is -2.02. The van der Waals surface area contributed by atoms with Crippen molar-refractivity contribution in [3.05, 3.63) is 60.8 Å². The summed E-state index contributed by atoms with van der Waals surface area (Å²) < 4.78 is 0. The lowest BCUT2D eigenvalue weighted by Crippen LogP contribution is -1.97. The van der Waals surface area contributed by atoms with Crippen LogP contribution in [0, 0.1) is 48.4 Å². The van der Waals surface area contributed by atoms with E-state index in [0.717, 1.165) is 64.2 Å². The molecule has 0 radical (unpaired) electrons. The van der Waals surface area contributed by atoms with Gasteiger partial charge in [0.15, 0.2) is 6.10 Å². The molecule has 2 heteroatoms. The summed E-state index contributed by atoms with van der Waals surface area (Å²) in [6, 6.07) is 0. The standard InChI is InChI=1S/C46H66O2/c1-3-5-6-7-8-9-10-11-12-13-14-15-16-17-18-19-20-21-25-28-31-34-37-40-43-46(48)44-41-38-35-32-29-26-23-22-24-27-30-33-36-39-42-45(47)4-2/h1-2,5-6,21,23,25-26,34,37,39,42,46,48H,7-20,22,24,27-33,35-36,38H2/b6-5+,25-21+,26-23+,37-34+,42-39+. The van der Waals surface area contributed by atoms with E-state index in [-0.39, 0.29) is 5.78 Å². The number of rotatable bonds is 30. The molecule has 1 atom stereocenters. The maximum Gasteiger partial charge on any atom is 0.228 e. The summed E-state index contributed by atoms with van der Waals surface area (Å²) in [7, 11) is 0. The van der Waals surface area contributed by atoms with Gasteiger partial charge < -0.3 is 5.11 Å². The molecule has 0 fully saturated rings. The topological polar surface area (TPSA) is 37.3 Å². The lowest BCUT2D eigenvalue weighted by molar-refractivity contribution is -0.109. The van der Waals surface area contributed by atoms with Crippen molar-refractivity contribution in [2.45, 2.75) is 173 Å². The quantitative estimate of drug-likeness (QED) is 0.0276. The molecule has 0 spiro atoms. The van der Waals surface area contributed by atoms with Crippen LogP contribution in [0.1, 0.15) is 167 Å². The monoisotopic (exact) mass is 651 g/mol. The Kier molecular flexibility index (Phi) is 36.9. The van der Waals surface area contributed by atoms with E-state index in [2.05, 4.69) is 72.0 Å². The summed E-state index contributed by atoms with van der Waals surface area (Å²) in [5.41, 5.74) is 0. The zero-order valence-corrected chi connectivity index (χ0v) is 30.2. The fraction of sp³-hybridized carbons (Fsp3) is 0.587. The number of unbranched alkanes of at least 4 members (excludes halogenated alkanes) is 22. The van der Waals surface area contributed by atoms with Crippen molar-refractivity contribution in [2.24, 2.45) is 0 Å². The van der Waals surface area contributed by atoms with Crippen molar-refractivity contribution in [1.29, 1.82) is 0 Å². The van der Waals surface area contributed by atoms with Crippen LogP contribution in [0.25, 0.3) is 0 Å². The second-order valence-corrected chi connectivity index (χ2v) is 12.5. The van der Waals surface area contributed by atoms with Gasteiger partial charge in [-0.25, -0.2) is 0 Å². The van der Waals surface area contributed by atoms with Crippen molar-refractivity contribution in [2.75, 3.05) is 0 Å². The number of hydrogen-bond acceptors (Lipinski definition) is 2. The van der Waals surface area contributed by atoms with Gasteiger partial charge in [-0.3, -0.25) is 4.79 Å². The molecule has 0 saturated heterocycles. The van der Waals surface area contributed by atoms with Crippen molar-refractivity contribution < 1.29 is 9.90 Å². The first-order chi connectivity index (χ1) is 23.7. The summed E-state index contributed by atoms with van der Waals surface area (Å²) >= 11 is 0. The van der Waals surface area contributed by atoms with E-state index < -0.39 is 6.10 Å². The van der Waals surface area contributed by atoms with Crippen LogP contribution in [-0.4, -0.2) is 17.0 Å². The van der Waals surface area contributed by atoms with E-state index in [1.165, 1.54) is 109 Å². The summed E-state index contributed by atoms with van der Waals surface area (Å²) in [6.07, 6.45) is 61.1. The van der Waals surface area contributed by atoms with Crippen molar-refractivity contribution in [1.82, 2.24) is 0 Å². The fourth-order valence-corrected chi connectivity index (χ4v) is 5.17. The highest BCUT2D eigenvalue weighted by Gasteiger charge is 1.94. The van der Waals surface area contributed by atoms with Crippen LogP contribution in [0.4, 0.5) is 0 Å². The van der Waals surface area contributed by atoms with Crippen LogP contribution in [0.2, 0.25) is 0 Å². The van der Waals surface area contributed by atoms with E-state index in [4.69, 9.17) is 12.8 Å². The molecule has 0 amide bonds. The number of allylic oxidation sites excluding steroid dienone is 10. The van der Waals surface area contributed by atoms with E-state index in [1.54, 1.807) is 0 Å². The van der Waals surface area contributed by atoms with E-state index in [0.29, 0.717) is 0 Å². The molecule has 1 N–H and O–H groups in total. The normalized spacial score (nSPS) is 12.0. The molecule has 0 aromatic carbocycles. The molecule has 0 aliphatic heterocycles. The smallest absolute Gasteiger partial charge is 0.228 e. The van der Waals surface area contributed by atoms with Crippen LogP contribution in [-0.2, 0) is 4.79 Å². The predicted molar refractivity (Wildman–Crippen MR) is 210 cm³/mol. The Morgan fingerprint density at radius 3 is 1.44 bits per heavy atom. The Balaban J connectivity index is 3.51. The Labute approximate surface area is 297 Å². The van der Waals surface area contributed by atoms with Gasteiger partial charge in [-0.15, -0.1) is 12.8 Å². The van der Waals surface area contributed by atoms with Gasteiger partial charge in [0.05, 0.1) is 0 Å². The van der Waals surface area contributed by atoms with Crippen LogP contribution < -0.4 is 0 Å². The molecule has 0 saturated carbocycles. The Morgan fingerprint density at radius 1 is 0.500 bits per heavy atom. The van der Waals surface area contributed by atoms with Gasteiger partial charge in [0.1, 0.15) is 0 Å². The van der Waals surface area contributed by atoms with Crippen molar-refractivity contribution in [3.63, 3.8) is 0 Å². The van der Waals surface area contributed by atoms with Gasteiger partial charge in [-0.05, 0) is 108 Å². The molecule has 0 aliphatic carbocycles. The third-order valence-electron chi connectivity index (χ3n) is 8.02. The highest BCUT2D eigenvalue weighted by Crippen LogP contribution is 2.13. The second-order valence-electron chi connectivity index (χ2n) is 12.5. The van der Waals surface area contributed by atoms with Gasteiger partial charge in [0.2, 0.25) is 5.78 Å². The molecule has 1 unspecified atom stereocenters. The zero-order valence-electron chi connectivity index (χ0n) is 30.2. The first-order valence-electron chi connectivity index (χ1n) is 19.1. The number of aliphatic hydroxyl groups is 1. The highest BCUT2D eigenvalue weighted by molar-refractivity contribution is 6.03. The average molecular weight is 651 g/mol. The van der Waals surface area contributed by atoms with E-state index in [9.17, 15) is 9.90 Å². The molecule has 0 aliphatic rings. The first kappa shape index (κ1) is 44.6. The van der Waals surface area contributed by atoms with Crippen molar-refractivity contribution in [3.8, 4) is 48.4 Å². The van der Waals surface area contributed by atoms with Gasteiger partial charge >= 0.3 is 0 Å². The van der Waals surface area contributed by atoms with Crippen LogP contribution in [0.3, 0.4) is 0 Å². The van der Waals surface area contributed by atoms with Crippen LogP contribution in [0.5, 0.6) is 0 Å². The number of aliphatic hydroxyl groups excluding tert-OH is 1. The minimum absolute atomic E-state index is 0.250. The van der Waals surface area contributed by atoms with Gasteiger partial charge in [-0.1, -0.05) is 149 Å². The number of carbonyl (C=O) groups is 1. The molecular formula is C46H66O2. The Morgan fingerprint density at radius 2 is 0.917 bits per heavy atom. The molecule has 0 bridgehead atoms. The molecule has 0 heterocycles. The average Bonchev–Trinajstić information content (AvgIpc) is 3.09. The lowest BCUT2D eigenvalue weighted by atomic mass is 10.0. The van der Waals surface area contributed by atoms with Crippen molar-refractivity contribution >= 4 is 5.78 Å². The molecule has 262 valence electrons. The van der Waals surface area contributed by atoms with Gasteiger partial charge in [-0.2, -0.15) is 0 Å². The minimum atomic E-state index is -0.871. The maximum atomic E-state index is 11.0. The molecular weight excluding hydrogens is 585 g/mol. The largest absolute Gasteiger partial charge is 0.369 e. The first-order valence-corrected chi connectivity index (χ1v) is 19.1. The molecule has 2 nitrogen and oxygen atoms in total. The van der Waals surface area contributed by atoms with Gasteiger partial charge in [0.25, 0.3) is 0 Å². The predicted octanol–water partition coefficient (Wildman–Crippen LogP) is 12.1. The molecule has 0 aromatic heterocycles. The van der Waals surface area contributed by atoms with E-state index >= 15 is 0 Å². The molecule has 48 heavy (non-hydrogen) atoms. The van der Waals surface area contributed by atoms with Gasteiger partial charge in [0, 0.05) is 6.42 Å². The Bertz CT molecular complexity index is 1110. The Hall–Kier alpha value is -3.43. The van der Waals surface area contributed by atoms with Crippen LogP contribution >= 0.6 is 0 Å². The number of terminal acetylenes is 2. The number of hydrogen-bond donors (Lipinski definition) is 1.